The molecule has 0 aliphatic rings. The van der Waals surface area contributed by atoms with E-state index in [2.05, 4.69) is 5.32 Å². The van der Waals surface area contributed by atoms with Gasteiger partial charge in [-0.15, -0.1) is 0 Å². The Morgan fingerprint density at radius 1 is 1.05 bits per heavy atom. The van der Waals surface area contributed by atoms with Crippen LogP contribution in [0.3, 0.4) is 0 Å². The lowest BCUT2D eigenvalue weighted by atomic mass is 10.2. The van der Waals surface area contributed by atoms with Crippen molar-refractivity contribution in [3.8, 4) is 5.75 Å². The van der Waals surface area contributed by atoms with Crippen molar-refractivity contribution in [3.05, 3.63) is 60.2 Å². The van der Waals surface area contributed by atoms with Crippen LogP contribution in [0.25, 0.3) is 0 Å². The van der Waals surface area contributed by atoms with Crippen LogP contribution in [0.15, 0.2) is 54.6 Å². The standard InChI is InChI=1S/C15H15NO3/c1-18-14-9-7-12(8-10-14)11-19-15(17)16-13-5-3-2-4-6-13/h2-10H,11H2,1H3,(H,16,17). The molecule has 0 aliphatic heterocycles. The van der Waals surface area contributed by atoms with Crippen LogP contribution in [0, 0.1) is 0 Å². The molecule has 0 atom stereocenters. The molecule has 2 aromatic carbocycles. The number of para-hydroxylation sites is 1. The molecule has 0 saturated carbocycles. The molecule has 98 valence electrons. The number of methoxy groups -OCH3 is 1. The van der Waals surface area contributed by atoms with Crippen LogP contribution in [-0.4, -0.2) is 13.2 Å². The van der Waals surface area contributed by atoms with Crippen molar-refractivity contribution in [2.45, 2.75) is 6.61 Å². The first-order valence-electron chi connectivity index (χ1n) is 5.89. The molecule has 0 unspecified atom stereocenters. The lowest BCUT2D eigenvalue weighted by molar-refractivity contribution is 0.155. The van der Waals surface area contributed by atoms with E-state index in [4.69, 9.17) is 9.47 Å². The summed E-state index contributed by atoms with van der Waals surface area (Å²) < 4.78 is 10.2. The molecule has 0 spiro atoms. The summed E-state index contributed by atoms with van der Waals surface area (Å²) >= 11 is 0. The lowest BCUT2D eigenvalue weighted by Gasteiger charge is -2.07. The van der Waals surface area contributed by atoms with Gasteiger partial charge < -0.3 is 9.47 Å². The van der Waals surface area contributed by atoms with Gasteiger partial charge in [0.05, 0.1) is 7.11 Å². The van der Waals surface area contributed by atoms with Crippen LogP contribution in [-0.2, 0) is 11.3 Å². The van der Waals surface area contributed by atoms with E-state index in [9.17, 15) is 4.79 Å². The van der Waals surface area contributed by atoms with Gasteiger partial charge in [0.2, 0.25) is 0 Å². The number of hydrogen-bond acceptors (Lipinski definition) is 3. The van der Waals surface area contributed by atoms with Crippen LogP contribution in [0.2, 0.25) is 0 Å². The Morgan fingerprint density at radius 3 is 2.37 bits per heavy atom. The monoisotopic (exact) mass is 257 g/mol. The minimum Gasteiger partial charge on any atom is -0.497 e. The van der Waals surface area contributed by atoms with E-state index in [-0.39, 0.29) is 6.61 Å². The van der Waals surface area contributed by atoms with Crippen molar-refractivity contribution in [2.75, 3.05) is 12.4 Å². The molecule has 0 aliphatic carbocycles. The summed E-state index contributed by atoms with van der Waals surface area (Å²) in [6, 6.07) is 16.5. The number of nitrogens with one attached hydrogen (secondary N) is 1. The quantitative estimate of drug-likeness (QED) is 0.912. The third-order valence-electron chi connectivity index (χ3n) is 2.55. The molecule has 2 rings (SSSR count). The van der Waals surface area contributed by atoms with Gasteiger partial charge in [-0.3, -0.25) is 5.32 Å². The number of anilines is 1. The minimum atomic E-state index is -0.470. The van der Waals surface area contributed by atoms with Crippen LogP contribution in [0.1, 0.15) is 5.56 Å². The zero-order valence-electron chi connectivity index (χ0n) is 10.6. The predicted octanol–water partition coefficient (Wildman–Crippen LogP) is 3.44. The summed E-state index contributed by atoms with van der Waals surface area (Å²) in [4.78, 5) is 11.6. The Bertz CT molecular complexity index is 523. The third-order valence-corrected chi connectivity index (χ3v) is 2.55. The van der Waals surface area contributed by atoms with Gasteiger partial charge in [-0.05, 0) is 29.8 Å². The minimum absolute atomic E-state index is 0.225. The number of amides is 1. The van der Waals surface area contributed by atoms with Crippen molar-refractivity contribution < 1.29 is 14.3 Å². The molecule has 0 aromatic heterocycles. The highest BCUT2D eigenvalue weighted by Gasteiger charge is 2.03. The number of benzene rings is 2. The summed E-state index contributed by atoms with van der Waals surface area (Å²) in [6.45, 7) is 0.225. The highest BCUT2D eigenvalue weighted by molar-refractivity contribution is 5.84. The SMILES string of the molecule is COc1ccc(COC(=O)Nc2ccccc2)cc1. The maximum Gasteiger partial charge on any atom is 0.411 e. The fraction of sp³-hybridized carbons (Fsp3) is 0.133. The average Bonchev–Trinajstić information content (AvgIpc) is 2.47. The largest absolute Gasteiger partial charge is 0.497 e. The van der Waals surface area contributed by atoms with Gasteiger partial charge >= 0.3 is 6.09 Å². The Hall–Kier alpha value is -2.49. The summed E-state index contributed by atoms with van der Waals surface area (Å²) in [5, 5.41) is 2.65. The van der Waals surface area contributed by atoms with E-state index in [0.717, 1.165) is 11.3 Å². The molecule has 19 heavy (non-hydrogen) atoms. The van der Waals surface area contributed by atoms with Gasteiger partial charge in [-0.25, -0.2) is 4.79 Å². The Balaban J connectivity index is 1.83. The Kier molecular flexibility index (Phi) is 4.39. The average molecular weight is 257 g/mol. The lowest BCUT2D eigenvalue weighted by Crippen LogP contribution is -2.13. The van der Waals surface area contributed by atoms with E-state index >= 15 is 0 Å². The number of ether oxygens (including phenoxy) is 2. The smallest absolute Gasteiger partial charge is 0.411 e. The van der Waals surface area contributed by atoms with Crippen LogP contribution >= 0.6 is 0 Å². The van der Waals surface area contributed by atoms with Gasteiger partial charge in [0.15, 0.2) is 0 Å². The molecule has 0 fully saturated rings. The van der Waals surface area contributed by atoms with Gasteiger partial charge in [-0.2, -0.15) is 0 Å². The molecule has 0 saturated heterocycles. The third kappa shape index (κ3) is 4.03. The fourth-order valence-electron chi connectivity index (χ4n) is 1.55. The molecule has 0 bridgehead atoms. The summed E-state index contributed by atoms with van der Waals surface area (Å²) in [7, 11) is 1.61. The second-order valence-corrected chi connectivity index (χ2v) is 3.92. The Labute approximate surface area is 112 Å². The first kappa shape index (κ1) is 13.0. The first-order chi connectivity index (χ1) is 9.28. The van der Waals surface area contributed by atoms with E-state index in [1.54, 1.807) is 19.2 Å². The molecule has 4 nitrogen and oxygen atoms in total. The molecule has 0 radical (unpaired) electrons. The molecule has 2 aromatic rings. The highest BCUT2D eigenvalue weighted by Crippen LogP contribution is 2.12. The first-order valence-corrected chi connectivity index (χ1v) is 5.89. The van der Waals surface area contributed by atoms with E-state index in [1.165, 1.54) is 0 Å². The molecule has 0 heterocycles. The van der Waals surface area contributed by atoms with Gasteiger partial charge in [0.25, 0.3) is 0 Å². The number of carbonyl (C=O) groups is 1. The van der Waals surface area contributed by atoms with E-state index < -0.39 is 6.09 Å². The summed E-state index contributed by atoms with van der Waals surface area (Å²) in [5.41, 5.74) is 1.62. The maximum atomic E-state index is 11.6. The van der Waals surface area contributed by atoms with Crippen molar-refractivity contribution in [3.63, 3.8) is 0 Å². The highest BCUT2D eigenvalue weighted by atomic mass is 16.5. The second kappa shape index (κ2) is 6.44. The van der Waals surface area contributed by atoms with Gasteiger partial charge in [-0.1, -0.05) is 30.3 Å². The van der Waals surface area contributed by atoms with Crippen LogP contribution in [0.5, 0.6) is 5.75 Å². The van der Waals surface area contributed by atoms with Crippen molar-refractivity contribution in [1.82, 2.24) is 0 Å². The van der Waals surface area contributed by atoms with Crippen LogP contribution in [0.4, 0.5) is 10.5 Å². The zero-order chi connectivity index (χ0) is 13.5. The Morgan fingerprint density at radius 2 is 1.74 bits per heavy atom. The summed E-state index contributed by atoms with van der Waals surface area (Å²) in [5.74, 6) is 0.775. The van der Waals surface area contributed by atoms with Gasteiger partial charge in [0, 0.05) is 5.69 Å². The van der Waals surface area contributed by atoms with Crippen LogP contribution < -0.4 is 10.1 Å². The van der Waals surface area contributed by atoms with E-state index in [0.29, 0.717) is 5.69 Å². The molecular weight excluding hydrogens is 242 g/mol. The molecule has 4 heteroatoms. The van der Waals surface area contributed by atoms with Crippen molar-refractivity contribution in [1.29, 1.82) is 0 Å². The zero-order valence-corrected chi connectivity index (χ0v) is 10.6. The normalized spacial score (nSPS) is 9.74. The second-order valence-electron chi connectivity index (χ2n) is 3.92. The van der Waals surface area contributed by atoms with Crippen molar-refractivity contribution in [2.24, 2.45) is 0 Å². The molecule has 1 amide bonds. The van der Waals surface area contributed by atoms with Gasteiger partial charge in [0.1, 0.15) is 12.4 Å². The predicted molar refractivity (Wildman–Crippen MR) is 73.2 cm³/mol. The molecular formula is C15H15NO3. The van der Waals surface area contributed by atoms with Crippen molar-refractivity contribution >= 4 is 11.8 Å². The fourth-order valence-corrected chi connectivity index (χ4v) is 1.55. The number of hydrogen-bond donors (Lipinski definition) is 1. The maximum absolute atomic E-state index is 11.6. The van der Waals surface area contributed by atoms with E-state index in [1.807, 2.05) is 42.5 Å². The number of carbonyl (C=O) groups excluding carboxylic acids is 1. The number of rotatable bonds is 4. The molecule has 1 N–H and O–H groups in total. The topological polar surface area (TPSA) is 47.6 Å². The summed E-state index contributed by atoms with van der Waals surface area (Å²) in [6.07, 6.45) is -0.470.